The highest BCUT2D eigenvalue weighted by molar-refractivity contribution is 7.93. The lowest BCUT2D eigenvalue weighted by atomic mass is 9.94. The molecule has 0 unspecified atom stereocenters. The van der Waals surface area contributed by atoms with Crippen molar-refractivity contribution >= 4 is 33.6 Å². The van der Waals surface area contributed by atoms with Crippen LogP contribution < -0.4 is 4.31 Å². The Morgan fingerprint density at radius 2 is 1.52 bits per heavy atom. The monoisotopic (exact) mass is 445 g/mol. The van der Waals surface area contributed by atoms with E-state index in [1.165, 1.54) is 10.7 Å². The first kappa shape index (κ1) is 21.9. The number of benzene rings is 1. The van der Waals surface area contributed by atoms with E-state index in [2.05, 4.69) is 0 Å². The summed E-state index contributed by atoms with van der Waals surface area (Å²) in [5.74, 6) is 0.460. The highest BCUT2D eigenvalue weighted by Crippen LogP contribution is 2.25. The number of carbonyl (C=O) groups is 2. The van der Waals surface area contributed by atoms with Gasteiger partial charge in [-0.3, -0.25) is 13.9 Å². The Balaban J connectivity index is 1.28. The van der Waals surface area contributed by atoms with Gasteiger partial charge in [0.2, 0.25) is 21.8 Å². The Morgan fingerprint density at radius 1 is 0.839 bits per heavy atom. The number of anilines is 1. The maximum absolute atomic E-state index is 12.7. The van der Waals surface area contributed by atoms with Gasteiger partial charge in [-0.15, -0.1) is 0 Å². The molecule has 0 aliphatic carbocycles. The second kappa shape index (κ2) is 9.42. The van der Waals surface area contributed by atoms with E-state index in [1.807, 2.05) is 21.9 Å². The van der Waals surface area contributed by atoms with Crippen LogP contribution in [-0.2, 0) is 19.6 Å². The van der Waals surface area contributed by atoms with Crippen LogP contribution in [0, 0.1) is 5.92 Å². The van der Waals surface area contributed by atoms with Gasteiger partial charge in [0.15, 0.2) is 0 Å². The molecule has 31 heavy (non-hydrogen) atoms. The average Bonchev–Trinajstić information content (AvgIpc) is 3.17. The van der Waals surface area contributed by atoms with Crippen molar-refractivity contribution in [2.24, 2.45) is 5.92 Å². The molecule has 3 saturated heterocycles. The molecular formula is C23H31N3O4S. The molecule has 3 fully saturated rings. The molecule has 0 N–H and O–H groups in total. The molecule has 1 aromatic rings. The zero-order chi connectivity index (χ0) is 21.8. The predicted octanol–water partition coefficient (Wildman–Crippen LogP) is 2.49. The smallest absolute Gasteiger partial charge is 0.246 e. The molecule has 3 aliphatic heterocycles. The first-order chi connectivity index (χ1) is 14.9. The summed E-state index contributed by atoms with van der Waals surface area (Å²) in [6.07, 6.45) is 8.85. The van der Waals surface area contributed by atoms with Crippen LogP contribution >= 0.6 is 0 Å². The van der Waals surface area contributed by atoms with Crippen LogP contribution in [0.25, 0.3) is 6.08 Å². The van der Waals surface area contributed by atoms with Crippen LogP contribution in [0.3, 0.4) is 0 Å². The van der Waals surface area contributed by atoms with E-state index in [1.54, 1.807) is 24.3 Å². The van der Waals surface area contributed by atoms with Crippen molar-refractivity contribution < 1.29 is 18.0 Å². The van der Waals surface area contributed by atoms with Gasteiger partial charge in [-0.25, -0.2) is 8.42 Å². The van der Waals surface area contributed by atoms with Crippen molar-refractivity contribution in [3.8, 4) is 0 Å². The quantitative estimate of drug-likeness (QED) is 0.667. The molecule has 0 bridgehead atoms. The molecule has 0 aromatic heterocycles. The van der Waals surface area contributed by atoms with Crippen LogP contribution in [0.2, 0.25) is 0 Å². The fourth-order valence-corrected chi connectivity index (χ4v) is 6.24. The zero-order valence-corrected chi connectivity index (χ0v) is 18.7. The van der Waals surface area contributed by atoms with Gasteiger partial charge in [0.25, 0.3) is 0 Å². The molecule has 1 aromatic carbocycles. The van der Waals surface area contributed by atoms with Gasteiger partial charge in [0, 0.05) is 44.7 Å². The Morgan fingerprint density at radius 3 is 2.13 bits per heavy atom. The minimum atomic E-state index is -3.18. The third kappa shape index (κ3) is 5.11. The summed E-state index contributed by atoms with van der Waals surface area (Å²) in [5, 5.41) is 0. The second-order valence-electron chi connectivity index (χ2n) is 8.65. The maximum atomic E-state index is 12.7. The van der Waals surface area contributed by atoms with E-state index in [4.69, 9.17) is 0 Å². The summed E-state index contributed by atoms with van der Waals surface area (Å²) in [7, 11) is -3.18. The van der Waals surface area contributed by atoms with Crippen LogP contribution in [0.4, 0.5) is 5.69 Å². The number of sulfonamides is 1. The summed E-state index contributed by atoms with van der Waals surface area (Å²) < 4.78 is 25.5. The van der Waals surface area contributed by atoms with Crippen molar-refractivity contribution in [1.29, 1.82) is 0 Å². The first-order valence-corrected chi connectivity index (χ1v) is 12.9. The number of nitrogens with zero attached hydrogens (tertiary/aromatic N) is 3. The highest BCUT2D eigenvalue weighted by Gasteiger charge is 2.30. The lowest BCUT2D eigenvalue weighted by Gasteiger charge is -2.35. The van der Waals surface area contributed by atoms with E-state index in [-0.39, 0.29) is 23.5 Å². The van der Waals surface area contributed by atoms with Gasteiger partial charge in [0.05, 0.1) is 11.4 Å². The number of hydrogen-bond donors (Lipinski definition) is 0. The van der Waals surface area contributed by atoms with Crippen LogP contribution in [0.5, 0.6) is 0 Å². The van der Waals surface area contributed by atoms with Crippen LogP contribution in [0.1, 0.15) is 44.1 Å². The topological polar surface area (TPSA) is 78.0 Å². The lowest BCUT2D eigenvalue weighted by molar-refractivity contribution is -0.140. The fourth-order valence-electron chi connectivity index (χ4n) is 4.67. The number of rotatable bonds is 4. The van der Waals surface area contributed by atoms with E-state index >= 15 is 0 Å². The largest absolute Gasteiger partial charge is 0.342 e. The summed E-state index contributed by atoms with van der Waals surface area (Å²) in [4.78, 5) is 29.0. The van der Waals surface area contributed by atoms with Crippen molar-refractivity contribution in [2.45, 2.75) is 38.5 Å². The van der Waals surface area contributed by atoms with Crippen LogP contribution in [0.15, 0.2) is 30.3 Å². The molecule has 4 rings (SSSR count). The number of hydrogen-bond acceptors (Lipinski definition) is 4. The van der Waals surface area contributed by atoms with E-state index < -0.39 is 10.0 Å². The zero-order valence-electron chi connectivity index (χ0n) is 17.9. The Labute approximate surface area is 184 Å². The molecule has 0 spiro atoms. The lowest BCUT2D eigenvalue weighted by Crippen LogP contribution is -2.45. The summed E-state index contributed by atoms with van der Waals surface area (Å²) >= 11 is 0. The second-order valence-corrected chi connectivity index (χ2v) is 10.7. The highest BCUT2D eigenvalue weighted by atomic mass is 32.2. The van der Waals surface area contributed by atoms with Gasteiger partial charge in [-0.2, -0.15) is 0 Å². The SMILES string of the molecule is O=C(/C=C/c1ccc(N2CCCS2(=O)=O)cc1)N1CCC(C(=O)N2CCCCC2)CC1. The van der Waals surface area contributed by atoms with Crippen molar-refractivity contribution in [3.63, 3.8) is 0 Å². The molecule has 168 valence electrons. The van der Waals surface area contributed by atoms with Crippen molar-refractivity contribution in [3.05, 3.63) is 35.9 Å². The Kier molecular flexibility index (Phi) is 6.65. The molecule has 0 radical (unpaired) electrons. The fraction of sp³-hybridized carbons (Fsp3) is 0.565. The van der Waals surface area contributed by atoms with Gasteiger partial charge in [-0.1, -0.05) is 12.1 Å². The first-order valence-electron chi connectivity index (χ1n) is 11.3. The van der Waals surface area contributed by atoms with Crippen molar-refractivity contribution in [1.82, 2.24) is 9.80 Å². The third-order valence-corrected chi connectivity index (χ3v) is 8.39. The molecule has 3 aliphatic rings. The molecular weight excluding hydrogens is 414 g/mol. The van der Waals surface area contributed by atoms with Gasteiger partial charge >= 0.3 is 0 Å². The molecule has 3 heterocycles. The van der Waals surface area contributed by atoms with E-state index in [0.29, 0.717) is 31.7 Å². The van der Waals surface area contributed by atoms with E-state index in [9.17, 15) is 18.0 Å². The summed E-state index contributed by atoms with van der Waals surface area (Å²) in [6.45, 7) is 3.50. The Bertz CT molecular complexity index is 928. The summed E-state index contributed by atoms with van der Waals surface area (Å²) in [6, 6.07) is 7.22. The molecule has 7 nitrogen and oxygen atoms in total. The van der Waals surface area contributed by atoms with Crippen LogP contribution in [-0.4, -0.2) is 68.5 Å². The number of amides is 2. The molecule has 0 saturated carbocycles. The minimum Gasteiger partial charge on any atom is -0.342 e. The summed E-state index contributed by atoms with van der Waals surface area (Å²) in [5.41, 5.74) is 1.52. The molecule has 2 amide bonds. The van der Waals surface area contributed by atoms with Gasteiger partial charge in [0.1, 0.15) is 0 Å². The standard InChI is InChI=1S/C23H31N3O4S/c27-22(24-16-11-20(12-17-24)23(28)25-13-2-1-3-14-25)10-7-19-5-8-21(9-6-19)26-15-4-18-31(26,29)30/h5-10,20H,1-4,11-18H2/b10-7+. The van der Waals surface area contributed by atoms with Gasteiger partial charge in [-0.05, 0) is 62.3 Å². The predicted molar refractivity (Wildman–Crippen MR) is 121 cm³/mol. The minimum absolute atomic E-state index is 0.0422. The molecule has 0 atom stereocenters. The molecule has 8 heteroatoms. The van der Waals surface area contributed by atoms with Crippen molar-refractivity contribution in [2.75, 3.05) is 42.8 Å². The Hall–Kier alpha value is -2.35. The van der Waals surface area contributed by atoms with E-state index in [0.717, 1.165) is 44.3 Å². The normalized spacial score (nSPS) is 22.3. The number of carbonyl (C=O) groups excluding carboxylic acids is 2. The average molecular weight is 446 g/mol. The number of likely N-dealkylation sites (tertiary alicyclic amines) is 2. The maximum Gasteiger partial charge on any atom is 0.246 e. The number of piperidine rings is 2. The third-order valence-electron chi connectivity index (χ3n) is 6.52. The van der Waals surface area contributed by atoms with Gasteiger partial charge < -0.3 is 9.80 Å².